The zero-order valence-electron chi connectivity index (χ0n) is 13.7. The van der Waals surface area contributed by atoms with Gasteiger partial charge in [0.25, 0.3) is 0 Å². The van der Waals surface area contributed by atoms with E-state index in [0.29, 0.717) is 17.7 Å². The van der Waals surface area contributed by atoms with E-state index in [4.69, 9.17) is 0 Å². The summed E-state index contributed by atoms with van der Waals surface area (Å²) in [4.78, 5) is 3.97. The van der Waals surface area contributed by atoms with Crippen LogP contribution in [0.15, 0.2) is 29.6 Å². The zero-order valence-corrected chi connectivity index (χ0v) is 14.5. The molecule has 0 spiro atoms. The van der Waals surface area contributed by atoms with Crippen molar-refractivity contribution < 1.29 is 5.11 Å². The number of likely N-dealkylation sites (tertiary alicyclic amines) is 1. The number of hydrogen-bond donors (Lipinski definition) is 1. The van der Waals surface area contributed by atoms with Crippen molar-refractivity contribution in [3.05, 3.63) is 51.2 Å². The van der Waals surface area contributed by atoms with Crippen LogP contribution in [-0.2, 0) is 6.54 Å². The maximum absolute atomic E-state index is 10.4. The number of aryl methyl sites for hydroxylation is 1. The van der Waals surface area contributed by atoms with Crippen molar-refractivity contribution in [2.45, 2.75) is 52.1 Å². The Hall–Kier alpha value is -1.32. The van der Waals surface area contributed by atoms with Crippen molar-refractivity contribution in [2.24, 2.45) is 0 Å². The van der Waals surface area contributed by atoms with Gasteiger partial charge in [0.2, 0.25) is 0 Å². The molecule has 0 unspecified atom stereocenters. The molecule has 0 radical (unpaired) electrons. The van der Waals surface area contributed by atoms with Crippen LogP contribution < -0.4 is 0 Å². The lowest BCUT2D eigenvalue weighted by atomic mass is 9.95. The molecule has 0 saturated carbocycles. The Labute approximate surface area is 137 Å². The maximum atomic E-state index is 10.4. The van der Waals surface area contributed by atoms with Crippen LogP contribution in [-0.4, -0.2) is 16.6 Å². The molecule has 0 bridgehead atoms. The first kappa shape index (κ1) is 15.6. The number of hydrogen-bond acceptors (Lipinski definition) is 3. The summed E-state index contributed by atoms with van der Waals surface area (Å²) in [5.74, 6) is 0.935. The van der Waals surface area contributed by atoms with E-state index in [1.165, 1.54) is 28.8 Å². The predicted octanol–water partition coefficient (Wildman–Crippen LogP) is 5.22. The zero-order chi connectivity index (χ0) is 15.7. The molecule has 2 nitrogen and oxygen atoms in total. The van der Waals surface area contributed by atoms with Gasteiger partial charge in [0.05, 0.1) is 0 Å². The molecule has 1 saturated heterocycles. The normalized spacial score (nSPS) is 19.2. The SMILES string of the molecule is Cc1cc(O)c(CN2CCC[C@@H]2c2cccs2)cc1C(C)C. The van der Waals surface area contributed by atoms with Crippen molar-refractivity contribution in [1.82, 2.24) is 4.90 Å². The molecule has 2 aromatic rings. The van der Waals surface area contributed by atoms with Gasteiger partial charge in [-0.25, -0.2) is 0 Å². The van der Waals surface area contributed by atoms with Crippen LogP contribution in [0.5, 0.6) is 5.75 Å². The Morgan fingerprint density at radius 2 is 2.18 bits per heavy atom. The molecule has 3 rings (SSSR count). The summed E-state index contributed by atoms with van der Waals surface area (Å²) in [5, 5.41) is 12.5. The monoisotopic (exact) mass is 315 g/mol. The van der Waals surface area contributed by atoms with Gasteiger partial charge in [-0.05, 0) is 60.9 Å². The molecule has 1 fully saturated rings. The van der Waals surface area contributed by atoms with Crippen LogP contribution in [0.2, 0.25) is 0 Å². The maximum Gasteiger partial charge on any atom is 0.120 e. The van der Waals surface area contributed by atoms with Gasteiger partial charge in [-0.3, -0.25) is 4.90 Å². The van der Waals surface area contributed by atoms with Crippen molar-refractivity contribution in [1.29, 1.82) is 0 Å². The number of thiophene rings is 1. The minimum absolute atomic E-state index is 0.443. The van der Waals surface area contributed by atoms with E-state index in [2.05, 4.69) is 49.3 Å². The van der Waals surface area contributed by atoms with E-state index in [1.807, 2.05) is 17.4 Å². The van der Waals surface area contributed by atoms with E-state index in [9.17, 15) is 5.11 Å². The molecular formula is C19H25NOS. The summed E-state index contributed by atoms with van der Waals surface area (Å²) < 4.78 is 0. The summed E-state index contributed by atoms with van der Waals surface area (Å²) in [6.45, 7) is 8.48. The first-order chi connectivity index (χ1) is 10.6. The first-order valence-electron chi connectivity index (χ1n) is 8.16. The average molecular weight is 315 g/mol. The highest BCUT2D eigenvalue weighted by Gasteiger charge is 2.27. The van der Waals surface area contributed by atoms with Crippen molar-refractivity contribution in [3.63, 3.8) is 0 Å². The van der Waals surface area contributed by atoms with Crippen LogP contribution in [0, 0.1) is 6.92 Å². The van der Waals surface area contributed by atoms with E-state index < -0.39 is 0 Å². The minimum Gasteiger partial charge on any atom is -0.508 e. The fraction of sp³-hybridized carbons (Fsp3) is 0.474. The van der Waals surface area contributed by atoms with Crippen LogP contribution in [0.1, 0.15) is 60.2 Å². The molecule has 1 aliphatic rings. The highest BCUT2D eigenvalue weighted by Crippen LogP contribution is 2.37. The molecule has 3 heteroatoms. The Morgan fingerprint density at radius 3 is 2.86 bits per heavy atom. The summed E-state index contributed by atoms with van der Waals surface area (Å²) in [6.07, 6.45) is 2.47. The number of phenols is 1. The molecule has 118 valence electrons. The van der Waals surface area contributed by atoms with Gasteiger partial charge in [-0.2, -0.15) is 0 Å². The highest BCUT2D eigenvalue weighted by atomic mass is 32.1. The summed E-state index contributed by atoms with van der Waals surface area (Å²) in [5.41, 5.74) is 3.60. The molecule has 22 heavy (non-hydrogen) atoms. The molecule has 1 aliphatic heterocycles. The predicted molar refractivity (Wildman–Crippen MR) is 93.6 cm³/mol. The fourth-order valence-corrected chi connectivity index (χ4v) is 4.44. The highest BCUT2D eigenvalue weighted by molar-refractivity contribution is 7.10. The van der Waals surface area contributed by atoms with Crippen molar-refractivity contribution >= 4 is 11.3 Å². The van der Waals surface area contributed by atoms with Gasteiger partial charge in [-0.15, -0.1) is 11.3 Å². The number of rotatable bonds is 4. The van der Waals surface area contributed by atoms with E-state index >= 15 is 0 Å². The van der Waals surface area contributed by atoms with E-state index in [0.717, 1.165) is 18.7 Å². The van der Waals surface area contributed by atoms with Crippen molar-refractivity contribution in [2.75, 3.05) is 6.54 Å². The molecule has 1 atom stereocenters. The van der Waals surface area contributed by atoms with E-state index in [-0.39, 0.29) is 0 Å². The second kappa shape index (κ2) is 6.43. The lowest BCUT2D eigenvalue weighted by Crippen LogP contribution is -2.22. The standard InChI is InChI=1S/C19H25NOS/c1-13(2)16-11-15(18(21)10-14(16)3)12-20-8-4-6-17(20)19-7-5-9-22-19/h5,7,9-11,13,17,21H,4,6,8,12H2,1-3H3/t17-/m1/s1. The van der Waals surface area contributed by atoms with Gasteiger partial charge in [0, 0.05) is 23.0 Å². The van der Waals surface area contributed by atoms with Gasteiger partial charge in [-0.1, -0.05) is 26.0 Å². The molecule has 0 aliphatic carbocycles. The van der Waals surface area contributed by atoms with Gasteiger partial charge in [0.15, 0.2) is 0 Å². The van der Waals surface area contributed by atoms with Gasteiger partial charge < -0.3 is 5.11 Å². The lowest BCUT2D eigenvalue weighted by molar-refractivity contribution is 0.248. The third kappa shape index (κ3) is 3.06. The van der Waals surface area contributed by atoms with Gasteiger partial charge >= 0.3 is 0 Å². The van der Waals surface area contributed by atoms with Gasteiger partial charge in [0.1, 0.15) is 5.75 Å². The molecule has 1 aromatic carbocycles. The quantitative estimate of drug-likeness (QED) is 0.836. The number of aromatic hydroxyl groups is 1. The van der Waals surface area contributed by atoms with Crippen LogP contribution in [0.3, 0.4) is 0 Å². The van der Waals surface area contributed by atoms with Crippen LogP contribution in [0.25, 0.3) is 0 Å². The Kier molecular flexibility index (Phi) is 4.55. The molecule has 1 N–H and O–H groups in total. The Bertz CT molecular complexity index is 633. The van der Waals surface area contributed by atoms with Crippen molar-refractivity contribution in [3.8, 4) is 5.75 Å². The minimum atomic E-state index is 0.443. The summed E-state index contributed by atoms with van der Waals surface area (Å²) >= 11 is 1.85. The number of benzene rings is 1. The number of nitrogens with zero attached hydrogens (tertiary/aromatic N) is 1. The Balaban J connectivity index is 1.85. The van der Waals surface area contributed by atoms with E-state index in [1.54, 1.807) is 0 Å². The molecular weight excluding hydrogens is 290 g/mol. The molecule has 1 aromatic heterocycles. The van der Waals surface area contributed by atoms with Crippen LogP contribution in [0.4, 0.5) is 0 Å². The third-order valence-electron chi connectivity index (χ3n) is 4.70. The fourth-order valence-electron chi connectivity index (χ4n) is 3.54. The van der Waals surface area contributed by atoms with Crippen LogP contribution >= 0.6 is 11.3 Å². The average Bonchev–Trinajstić information content (AvgIpc) is 3.11. The largest absolute Gasteiger partial charge is 0.508 e. The first-order valence-corrected chi connectivity index (χ1v) is 9.04. The summed E-state index contributed by atoms with van der Waals surface area (Å²) in [7, 11) is 0. The third-order valence-corrected chi connectivity index (χ3v) is 5.67. The molecule has 2 heterocycles. The second-order valence-corrected chi connectivity index (χ2v) is 7.62. The smallest absolute Gasteiger partial charge is 0.120 e. The second-order valence-electron chi connectivity index (χ2n) is 6.64. The molecule has 0 amide bonds. The summed E-state index contributed by atoms with van der Waals surface area (Å²) in [6, 6.07) is 9.03. The Morgan fingerprint density at radius 1 is 1.36 bits per heavy atom. The topological polar surface area (TPSA) is 23.5 Å². The lowest BCUT2D eigenvalue weighted by Gasteiger charge is -2.25. The number of phenolic OH excluding ortho intramolecular Hbond substituents is 1.